The van der Waals surface area contributed by atoms with Gasteiger partial charge < -0.3 is 24.6 Å². The van der Waals surface area contributed by atoms with Gasteiger partial charge in [0.2, 0.25) is 0 Å². The van der Waals surface area contributed by atoms with E-state index >= 15 is 0 Å². The van der Waals surface area contributed by atoms with Crippen LogP contribution in [0.25, 0.3) is 0 Å². The molecule has 1 aromatic rings. The van der Waals surface area contributed by atoms with Gasteiger partial charge in [0.15, 0.2) is 5.96 Å². The average Bonchev–Trinajstić information content (AvgIpc) is 2.62. The van der Waals surface area contributed by atoms with Crippen molar-refractivity contribution >= 4 is 29.9 Å². The van der Waals surface area contributed by atoms with Gasteiger partial charge in [-0.3, -0.25) is 4.99 Å². The topological polar surface area (TPSA) is 49.3 Å². The summed E-state index contributed by atoms with van der Waals surface area (Å²) in [4.78, 5) is 8.92. The van der Waals surface area contributed by atoms with Crippen molar-refractivity contribution in [3.63, 3.8) is 0 Å². The molecule has 0 saturated carbocycles. The van der Waals surface area contributed by atoms with Crippen molar-refractivity contribution < 1.29 is 13.9 Å². The fraction of sp³-hybridized carbons (Fsp3) is 0.632. The van der Waals surface area contributed by atoms with E-state index in [1.807, 2.05) is 0 Å². The van der Waals surface area contributed by atoms with Crippen LogP contribution >= 0.6 is 24.0 Å². The molecule has 6 nitrogen and oxygen atoms in total. The van der Waals surface area contributed by atoms with E-state index in [9.17, 15) is 4.39 Å². The number of hydrogen-bond donors (Lipinski definition) is 1. The summed E-state index contributed by atoms with van der Waals surface area (Å²) in [6.07, 6.45) is 0.126. The van der Waals surface area contributed by atoms with Gasteiger partial charge in [0.05, 0.1) is 25.4 Å². The maximum atomic E-state index is 13.2. The minimum Gasteiger partial charge on any atom is -0.374 e. The molecule has 0 bridgehead atoms. The summed E-state index contributed by atoms with van der Waals surface area (Å²) in [6.45, 7) is 6.89. The summed E-state index contributed by atoms with van der Waals surface area (Å²) >= 11 is 0. The lowest BCUT2D eigenvalue weighted by Gasteiger charge is -2.39. The zero-order valence-corrected chi connectivity index (χ0v) is 18.6. The third-order valence-corrected chi connectivity index (χ3v) is 4.84. The minimum absolute atomic E-state index is 0. The maximum Gasteiger partial charge on any atom is 0.193 e. The average molecular weight is 492 g/mol. The summed E-state index contributed by atoms with van der Waals surface area (Å²) in [5.41, 5.74) is 0.982. The molecule has 0 spiro atoms. The number of aliphatic imine (C=N–C) groups is 1. The Kier molecular flexibility index (Phi) is 8.71. The van der Waals surface area contributed by atoms with Gasteiger partial charge in [0.1, 0.15) is 11.9 Å². The van der Waals surface area contributed by atoms with Crippen molar-refractivity contribution in [1.29, 1.82) is 0 Å². The molecule has 1 aromatic carbocycles. The first-order valence-corrected chi connectivity index (χ1v) is 9.22. The molecule has 8 heteroatoms. The number of likely N-dealkylation sites (N-methyl/N-ethyl adjacent to an activating group) is 1. The molecule has 2 heterocycles. The van der Waals surface area contributed by atoms with Crippen molar-refractivity contribution in [3.8, 4) is 0 Å². The summed E-state index contributed by atoms with van der Waals surface area (Å²) in [6, 6.07) is 6.54. The fourth-order valence-corrected chi connectivity index (χ4v) is 3.51. The number of nitrogens with one attached hydrogen (secondary N) is 1. The lowest BCUT2D eigenvalue weighted by molar-refractivity contribution is -0.0610. The number of nitrogens with zero attached hydrogens (tertiary/aromatic N) is 3. The third-order valence-electron chi connectivity index (χ3n) is 4.84. The first-order chi connectivity index (χ1) is 12.5. The molecule has 0 aliphatic carbocycles. The number of ether oxygens (including phenoxy) is 2. The van der Waals surface area contributed by atoms with Gasteiger partial charge in [-0.2, -0.15) is 0 Å². The Bertz CT molecular complexity index is 616. The number of benzene rings is 1. The molecule has 27 heavy (non-hydrogen) atoms. The molecule has 3 rings (SSSR count). The number of halogens is 2. The van der Waals surface area contributed by atoms with E-state index in [1.54, 1.807) is 19.2 Å². The first-order valence-electron chi connectivity index (χ1n) is 9.22. The Morgan fingerprint density at radius 1 is 1.26 bits per heavy atom. The molecule has 3 atom stereocenters. The second kappa shape index (κ2) is 10.5. The van der Waals surface area contributed by atoms with Crippen LogP contribution in [0.2, 0.25) is 0 Å². The zero-order chi connectivity index (χ0) is 18.5. The number of guanidine groups is 1. The van der Waals surface area contributed by atoms with Crippen molar-refractivity contribution in [2.75, 3.05) is 53.4 Å². The van der Waals surface area contributed by atoms with E-state index in [0.717, 1.165) is 44.3 Å². The predicted octanol–water partition coefficient (Wildman–Crippen LogP) is 2.11. The molecule has 2 aliphatic rings. The molecule has 0 aromatic heterocycles. The Morgan fingerprint density at radius 2 is 2.00 bits per heavy atom. The van der Waals surface area contributed by atoms with E-state index in [1.165, 1.54) is 12.1 Å². The molecular formula is C19H30FIN4O2. The molecule has 152 valence electrons. The summed E-state index contributed by atoms with van der Waals surface area (Å²) in [7, 11) is 3.91. The van der Waals surface area contributed by atoms with Gasteiger partial charge in [-0.1, -0.05) is 12.1 Å². The highest BCUT2D eigenvalue weighted by Gasteiger charge is 2.29. The second-order valence-electron chi connectivity index (χ2n) is 7.08. The van der Waals surface area contributed by atoms with Gasteiger partial charge in [0, 0.05) is 33.2 Å². The van der Waals surface area contributed by atoms with Crippen LogP contribution in [-0.2, 0) is 9.47 Å². The van der Waals surface area contributed by atoms with E-state index in [2.05, 4.69) is 34.1 Å². The van der Waals surface area contributed by atoms with E-state index < -0.39 is 0 Å². The van der Waals surface area contributed by atoms with Crippen molar-refractivity contribution in [3.05, 3.63) is 35.6 Å². The molecule has 2 aliphatic heterocycles. The van der Waals surface area contributed by atoms with Gasteiger partial charge in [-0.05, 0) is 31.7 Å². The molecule has 3 unspecified atom stereocenters. The van der Waals surface area contributed by atoms with Gasteiger partial charge in [-0.15, -0.1) is 24.0 Å². The van der Waals surface area contributed by atoms with Crippen LogP contribution in [0.5, 0.6) is 0 Å². The predicted molar refractivity (Wildman–Crippen MR) is 115 cm³/mol. The van der Waals surface area contributed by atoms with Crippen LogP contribution in [0.3, 0.4) is 0 Å². The van der Waals surface area contributed by atoms with Crippen LogP contribution in [0, 0.1) is 5.82 Å². The zero-order valence-electron chi connectivity index (χ0n) is 16.2. The highest BCUT2D eigenvalue weighted by molar-refractivity contribution is 14.0. The SMILES string of the molecule is CN=C(NCC1CN(C)CCO1)N1CC(C)OC(c2ccc(F)cc2)C1.I. The molecular weight excluding hydrogens is 462 g/mol. The second-order valence-corrected chi connectivity index (χ2v) is 7.08. The van der Waals surface area contributed by atoms with Crippen LogP contribution in [0.4, 0.5) is 4.39 Å². The summed E-state index contributed by atoms with van der Waals surface area (Å²) < 4.78 is 25.1. The highest BCUT2D eigenvalue weighted by Crippen LogP contribution is 2.25. The monoisotopic (exact) mass is 492 g/mol. The third kappa shape index (κ3) is 6.27. The quantitative estimate of drug-likeness (QED) is 0.398. The lowest BCUT2D eigenvalue weighted by Crippen LogP contribution is -2.53. The minimum atomic E-state index is -0.232. The summed E-state index contributed by atoms with van der Waals surface area (Å²) in [5, 5.41) is 3.44. The Morgan fingerprint density at radius 3 is 2.67 bits per heavy atom. The molecule has 2 saturated heterocycles. The largest absolute Gasteiger partial charge is 0.374 e. The van der Waals surface area contributed by atoms with E-state index in [-0.39, 0.29) is 48.1 Å². The van der Waals surface area contributed by atoms with Gasteiger partial charge in [0.25, 0.3) is 0 Å². The number of hydrogen-bond acceptors (Lipinski definition) is 4. The first kappa shape index (κ1) is 22.3. The number of rotatable bonds is 3. The van der Waals surface area contributed by atoms with Crippen molar-refractivity contribution in [2.45, 2.75) is 25.2 Å². The van der Waals surface area contributed by atoms with Crippen molar-refractivity contribution in [1.82, 2.24) is 15.1 Å². The molecule has 2 fully saturated rings. The normalized spacial score (nSPS) is 27.2. The van der Waals surface area contributed by atoms with Crippen LogP contribution in [0.15, 0.2) is 29.3 Å². The highest BCUT2D eigenvalue weighted by atomic mass is 127. The van der Waals surface area contributed by atoms with Crippen LogP contribution in [0.1, 0.15) is 18.6 Å². The summed E-state index contributed by atoms with van der Waals surface area (Å²) in [5.74, 6) is 0.619. The van der Waals surface area contributed by atoms with E-state index in [4.69, 9.17) is 9.47 Å². The Labute approximate surface area is 178 Å². The van der Waals surface area contributed by atoms with Crippen LogP contribution in [-0.4, -0.2) is 81.4 Å². The molecule has 0 radical (unpaired) electrons. The molecule has 0 amide bonds. The maximum absolute atomic E-state index is 13.2. The Hall–Kier alpha value is -0.970. The van der Waals surface area contributed by atoms with Crippen LogP contribution < -0.4 is 5.32 Å². The Balaban J connectivity index is 0.00000261. The van der Waals surface area contributed by atoms with Gasteiger partial charge >= 0.3 is 0 Å². The number of morpholine rings is 2. The fourth-order valence-electron chi connectivity index (χ4n) is 3.51. The van der Waals surface area contributed by atoms with E-state index in [0.29, 0.717) is 6.54 Å². The molecule has 1 N–H and O–H groups in total. The lowest BCUT2D eigenvalue weighted by atomic mass is 10.1. The standard InChI is InChI=1S/C19H29FN4O2.HI/c1-14-11-24(13-18(26-14)15-4-6-16(20)7-5-15)19(21-2)22-10-17-12-23(3)8-9-25-17;/h4-7,14,17-18H,8-13H2,1-3H3,(H,21,22);1H. The smallest absolute Gasteiger partial charge is 0.193 e. The van der Waals surface area contributed by atoms with Gasteiger partial charge in [-0.25, -0.2) is 4.39 Å². The van der Waals surface area contributed by atoms with Crippen molar-refractivity contribution in [2.24, 2.45) is 4.99 Å².